The summed E-state index contributed by atoms with van der Waals surface area (Å²) in [6, 6.07) is 9.41. The highest BCUT2D eigenvalue weighted by Crippen LogP contribution is 2.34. The lowest BCUT2D eigenvalue weighted by Gasteiger charge is -2.26. The van der Waals surface area contributed by atoms with Crippen LogP contribution in [0.2, 0.25) is 0 Å². The zero-order valence-electron chi connectivity index (χ0n) is 19.0. The lowest BCUT2D eigenvalue weighted by Crippen LogP contribution is -2.25. The van der Waals surface area contributed by atoms with E-state index in [-0.39, 0.29) is 11.3 Å². The van der Waals surface area contributed by atoms with E-state index in [2.05, 4.69) is 36.4 Å². The van der Waals surface area contributed by atoms with Gasteiger partial charge < -0.3 is 14.0 Å². The lowest BCUT2D eigenvalue weighted by molar-refractivity contribution is -0.154. The molecule has 33 heavy (non-hydrogen) atoms. The molecule has 0 amide bonds. The second-order valence-corrected chi connectivity index (χ2v) is 10.5. The van der Waals surface area contributed by atoms with Crippen LogP contribution >= 0.6 is 11.8 Å². The summed E-state index contributed by atoms with van der Waals surface area (Å²) in [6.45, 7) is 7.69. The van der Waals surface area contributed by atoms with Crippen LogP contribution in [-0.2, 0) is 16.7 Å². The number of rotatable bonds is 6. The zero-order chi connectivity index (χ0) is 23.6. The minimum atomic E-state index is -4.40. The molecule has 9 heteroatoms. The van der Waals surface area contributed by atoms with Gasteiger partial charge >= 0.3 is 6.18 Å². The van der Waals surface area contributed by atoms with Gasteiger partial charge in [-0.1, -0.05) is 32.5 Å². The summed E-state index contributed by atoms with van der Waals surface area (Å²) in [5, 5.41) is 0. The van der Waals surface area contributed by atoms with Gasteiger partial charge in [0.25, 0.3) is 0 Å². The number of alkyl halides is 3. The molecule has 3 heterocycles. The van der Waals surface area contributed by atoms with Crippen LogP contribution in [-0.4, -0.2) is 40.5 Å². The molecule has 0 unspecified atom stereocenters. The van der Waals surface area contributed by atoms with E-state index in [0.29, 0.717) is 5.92 Å². The number of hydrogen-bond acceptors (Lipinski definition) is 5. The van der Waals surface area contributed by atoms with Crippen molar-refractivity contribution in [2.24, 2.45) is 5.92 Å². The first-order chi connectivity index (χ1) is 15.6. The quantitative estimate of drug-likeness (QED) is 0.418. The van der Waals surface area contributed by atoms with Crippen LogP contribution in [0.3, 0.4) is 0 Å². The molecule has 1 aliphatic rings. The Kier molecular flexibility index (Phi) is 6.91. The van der Waals surface area contributed by atoms with Gasteiger partial charge in [0.1, 0.15) is 5.82 Å². The Morgan fingerprint density at radius 2 is 1.82 bits per heavy atom. The maximum Gasteiger partial charge on any atom is 0.422 e. The molecule has 0 atom stereocenters. The van der Waals surface area contributed by atoms with Crippen molar-refractivity contribution in [2.45, 2.75) is 61.5 Å². The highest BCUT2D eigenvalue weighted by molar-refractivity contribution is 7.99. The van der Waals surface area contributed by atoms with Gasteiger partial charge in [0, 0.05) is 47.2 Å². The Labute approximate surface area is 195 Å². The summed E-state index contributed by atoms with van der Waals surface area (Å²) in [4.78, 5) is 10.6. The Morgan fingerprint density at radius 3 is 2.52 bits per heavy atom. The monoisotopic (exact) mass is 479 g/mol. The van der Waals surface area contributed by atoms with E-state index in [4.69, 9.17) is 14.5 Å². The van der Waals surface area contributed by atoms with E-state index in [1.807, 2.05) is 12.1 Å². The van der Waals surface area contributed by atoms with E-state index < -0.39 is 12.8 Å². The first-order valence-electron chi connectivity index (χ1n) is 11.0. The van der Waals surface area contributed by atoms with E-state index in [9.17, 15) is 13.2 Å². The molecule has 4 rings (SSSR count). The first-order valence-corrected chi connectivity index (χ1v) is 11.8. The maximum absolute atomic E-state index is 12.4. The zero-order valence-corrected chi connectivity index (χ0v) is 19.8. The number of hydrogen-bond donors (Lipinski definition) is 0. The Balaban J connectivity index is 1.58. The van der Waals surface area contributed by atoms with Crippen molar-refractivity contribution in [3.8, 4) is 5.88 Å². The third kappa shape index (κ3) is 6.20. The van der Waals surface area contributed by atoms with E-state index in [1.54, 1.807) is 6.07 Å². The topological polar surface area (TPSA) is 49.2 Å². The number of nitrogens with zero attached hydrogens (tertiary/aromatic N) is 3. The fourth-order valence-corrected chi connectivity index (χ4v) is 4.81. The lowest BCUT2D eigenvalue weighted by atomic mass is 9.94. The van der Waals surface area contributed by atoms with E-state index in [1.165, 1.54) is 24.0 Å². The van der Waals surface area contributed by atoms with E-state index in [0.717, 1.165) is 59.2 Å². The molecule has 5 nitrogen and oxygen atoms in total. The molecule has 178 valence electrons. The molecular weight excluding hydrogens is 451 g/mol. The highest BCUT2D eigenvalue weighted by Gasteiger charge is 2.29. The molecule has 1 fully saturated rings. The minimum absolute atomic E-state index is 0.0471. The summed E-state index contributed by atoms with van der Waals surface area (Å²) in [5.74, 6) is 1.57. The summed E-state index contributed by atoms with van der Waals surface area (Å²) in [5.41, 5.74) is 1.91. The molecule has 3 aromatic rings. The van der Waals surface area contributed by atoms with Gasteiger partial charge in [-0.05, 0) is 43.0 Å². The van der Waals surface area contributed by atoms with Gasteiger partial charge in [-0.3, -0.25) is 0 Å². The van der Waals surface area contributed by atoms with Crippen LogP contribution in [0.25, 0.3) is 11.0 Å². The number of aromatic nitrogens is 3. The molecule has 0 aliphatic carbocycles. The summed E-state index contributed by atoms with van der Waals surface area (Å²) >= 11 is 1.44. The van der Waals surface area contributed by atoms with Gasteiger partial charge in [-0.25, -0.2) is 9.97 Å². The summed E-state index contributed by atoms with van der Waals surface area (Å²) < 4.78 is 49.9. The van der Waals surface area contributed by atoms with Crippen LogP contribution in [0.5, 0.6) is 5.88 Å². The second-order valence-electron chi connectivity index (χ2n) is 9.34. The Hall–Kier alpha value is -2.26. The third-order valence-electron chi connectivity index (χ3n) is 5.50. The number of halogens is 3. The average Bonchev–Trinajstić information content (AvgIpc) is 3.11. The van der Waals surface area contributed by atoms with Crippen molar-refractivity contribution in [2.75, 3.05) is 19.8 Å². The predicted molar refractivity (Wildman–Crippen MR) is 122 cm³/mol. The smallest absolute Gasteiger partial charge is 0.422 e. The molecule has 0 N–H and O–H groups in total. The van der Waals surface area contributed by atoms with Crippen LogP contribution in [0.1, 0.15) is 39.4 Å². The van der Waals surface area contributed by atoms with Crippen LogP contribution in [0, 0.1) is 5.92 Å². The number of fused-ring (bicyclic) bond motifs is 1. The number of pyridine rings is 1. The van der Waals surface area contributed by atoms with Crippen LogP contribution in [0.15, 0.2) is 46.3 Å². The minimum Gasteiger partial charge on any atom is -0.468 e. The van der Waals surface area contributed by atoms with Gasteiger partial charge in [-0.2, -0.15) is 13.2 Å². The first kappa shape index (κ1) is 23.9. The fraction of sp³-hybridized carbons (Fsp3) is 0.500. The number of benzene rings is 1. The van der Waals surface area contributed by atoms with Gasteiger partial charge in [0.05, 0.1) is 11.0 Å². The van der Waals surface area contributed by atoms with Crippen molar-refractivity contribution in [3.63, 3.8) is 0 Å². The van der Waals surface area contributed by atoms with Crippen LogP contribution < -0.4 is 4.74 Å². The normalized spacial score (nSPS) is 15.8. The van der Waals surface area contributed by atoms with Crippen molar-refractivity contribution in [1.29, 1.82) is 0 Å². The van der Waals surface area contributed by atoms with Crippen LogP contribution in [0.4, 0.5) is 13.2 Å². The molecule has 2 aromatic heterocycles. The molecule has 1 aromatic carbocycles. The number of ether oxygens (including phenoxy) is 2. The molecule has 0 bridgehead atoms. The third-order valence-corrected chi connectivity index (χ3v) is 6.48. The standard InChI is InChI=1S/C24H28F3N3O2S/c1-23(2,3)22-29-19-12-17(4-5-20(19)30(22)14-16-7-10-31-11-8-16)33-18-6-9-28-21(13-18)32-15-24(25,26)27/h4-6,9,12-13,16H,7-8,10-11,14-15H2,1-3H3. The van der Waals surface area contributed by atoms with E-state index >= 15 is 0 Å². The van der Waals surface area contributed by atoms with Crippen molar-refractivity contribution in [1.82, 2.24) is 14.5 Å². The highest BCUT2D eigenvalue weighted by atomic mass is 32.2. The van der Waals surface area contributed by atoms with Crippen molar-refractivity contribution in [3.05, 3.63) is 42.4 Å². The molecule has 0 radical (unpaired) electrons. The SMILES string of the molecule is CC(C)(C)c1nc2cc(Sc3ccnc(OCC(F)(F)F)c3)ccc2n1CC1CCOCC1. The summed E-state index contributed by atoms with van der Waals surface area (Å²) in [7, 11) is 0. The maximum atomic E-state index is 12.4. The molecule has 0 spiro atoms. The average molecular weight is 480 g/mol. The second kappa shape index (κ2) is 9.54. The fourth-order valence-electron chi connectivity index (χ4n) is 3.94. The Bertz CT molecular complexity index is 1100. The predicted octanol–water partition coefficient (Wildman–Crippen LogP) is 6.25. The van der Waals surface area contributed by atoms with Crippen molar-refractivity contribution >= 4 is 22.8 Å². The molecule has 0 saturated carbocycles. The van der Waals surface area contributed by atoms with Gasteiger partial charge in [0.2, 0.25) is 5.88 Å². The molecule has 1 aliphatic heterocycles. The molecular formula is C24H28F3N3O2S. The number of imidazole rings is 1. The van der Waals surface area contributed by atoms with Gasteiger partial charge in [-0.15, -0.1) is 0 Å². The Morgan fingerprint density at radius 1 is 1.09 bits per heavy atom. The molecule has 1 saturated heterocycles. The largest absolute Gasteiger partial charge is 0.468 e. The van der Waals surface area contributed by atoms with Gasteiger partial charge in [0.15, 0.2) is 6.61 Å². The van der Waals surface area contributed by atoms with Crippen molar-refractivity contribution < 1.29 is 22.6 Å². The summed E-state index contributed by atoms with van der Waals surface area (Å²) in [6.07, 6.45) is -0.840.